The lowest BCUT2D eigenvalue weighted by molar-refractivity contribution is 0.0956. The highest BCUT2D eigenvalue weighted by molar-refractivity contribution is 7.15. The predicted molar refractivity (Wildman–Crippen MR) is 125 cm³/mol. The molecular formula is C25H24N2O3S. The number of nitrogens with one attached hydrogen (secondary N) is 1. The van der Waals surface area contributed by atoms with Crippen LogP contribution in [0, 0.1) is 6.92 Å². The van der Waals surface area contributed by atoms with Crippen molar-refractivity contribution in [1.29, 1.82) is 0 Å². The van der Waals surface area contributed by atoms with Gasteiger partial charge in [0.15, 0.2) is 11.5 Å². The average molecular weight is 433 g/mol. The van der Waals surface area contributed by atoms with Crippen LogP contribution in [0.4, 0.5) is 0 Å². The first kappa shape index (κ1) is 20.9. The monoisotopic (exact) mass is 432 g/mol. The molecule has 0 saturated heterocycles. The molecule has 0 aliphatic rings. The molecule has 1 N–H and O–H groups in total. The molecule has 0 unspecified atom stereocenters. The number of hydrogen-bond donors (Lipinski definition) is 1. The average Bonchev–Trinajstić information content (AvgIpc) is 3.18. The Hall–Kier alpha value is -3.38. The maximum absolute atomic E-state index is 12.7. The summed E-state index contributed by atoms with van der Waals surface area (Å²) >= 11 is 1.64. The van der Waals surface area contributed by atoms with Crippen LogP contribution in [0.25, 0.3) is 21.3 Å². The zero-order chi connectivity index (χ0) is 21.8. The third-order valence-corrected chi connectivity index (χ3v) is 6.46. The Balaban J connectivity index is 1.45. The van der Waals surface area contributed by atoms with Gasteiger partial charge in [0.05, 0.1) is 19.9 Å². The minimum atomic E-state index is -0.0564. The van der Waals surface area contributed by atoms with Gasteiger partial charge < -0.3 is 14.8 Å². The molecule has 3 aromatic carbocycles. The van der Waals surface area contributed by atoms with E-state index in [0.29, 0.717) is 23.6 Å². The number of hydrogen-bond acceptors (Lipinski definition) is 5. The van der Waals surface area contributed by atoms with E-state index in [9.17, 15) is 4.79 Å². The Morgan fingerprint density at radius 2 is 1.77 bits per heavy atom. The summed E-state index contributed by atoms with van der Waals surface area (Å²) in [7, 11) is 3.24. The quantitative estimate of drug-likeness (QED) is 0.433. The minimum absolute atomic E-state index is 0.0564. The number of thiazole rings is 1. The molecule has 4 rings (SSSR count). The smallest absolute Gasteiger partial charge is 0.251 e. The first-order valence-electron chi connectivity index (χ1n) is 10.1. The second-order valence-electron chi connectivity index (χ2n) is 7.13. The van der Waals surface area contributed by atoms with Crippen LogP contribution in [0.5, 0.6) is 11.5 Å². The third kappa shape index (κ3) is 4.39. The largest absolute Gasteiger partial charge is 0.493 e. The van der Waals surface area contributed by atoms with Gasteiger partial charge in [0.2, 0.25) is 0 Å². The van der Waals surface area contributed by atoms with Gasteiger partial charge in [0.25, 0.3) is 5.91 Å². The number of aryl methyl sites for hydroxylation is 1. The Morgan fingerprint density at radius 1 is 1.00 bits per heavy atom. The maximum Gasteiger partial charge on any atom is 0.251 e. The van der Waals surface area contributed by atoms with Crippen molar-refractivity contribution in [2.45, 2.75) is 13.3 Å². The van der Waals surface area contributed by atoms with E-state index in [-0.39, 0.29) is 5.91 Å². The Labute approximate surface area is 185 Å². The van der Waals surface area contributed by atoms with Crippen LogP contribution >= 0.6 is 11.3 Å². The summed E-state index contributed by atoms with van der Waals surface area (Å²) in [6.07, 6.45) is 0.729. The lowest BCUT2D eigenvalue weighted by Gasteiger charge is -2.08. The summed E-state index contributed by atoms with van der Waals surface area (Å²) in [4.78, 5) is 18.6. The van der Waals surface area contributed by atoms with Gasteiger partial charge in [0.1, 0.15) is 5.01 Å². The number of methoxy groups -OCH3 is 2. The summed E-state index contributed by atoms with van der Waals surface area (Å²) in [5.74, 6) is 1.31. The fourth-order valence-electron chi connectivity index (χ4n) is 3.56. The summed E-state index contributed by atoms with van der Waals surface area (Å²) in [6.45, 7) is 2.55. The fraction of sp³-hybridized carbons (Fsp3) is 0.200. The molecule has 0 radical (unpaired) electrons. The van der Waals surface area contributed by atoms with Crippen LogP contribution in [0.15, 0.2) is 60.7 Å². The summed E-state index contributed by atoms with van der Waals surface area (Å²) < 4.78 is 10.7. The molecule has 31 heavy (non-hydrogen) atoms. The van der Waals surface area contributed by atoms with Crippen LogP contribution in [-0.4, -0.2) is 31.7 Å². The van der Waals surface area contributed by atoms with E-state index in [1.165, 1.54) is 0 Å². The minimum Gasteiger partial charge on any atom is -0.493 e. The Bertz CT molecular complexity index is 1230. The molecule has 4 aromatic rings. The maximum atomic E-state index is 12.7. The van der Waals surface area contributed by atoms with E-state index in [0.717, 1.165) is 38.3 Å². The fourth-order valence-corrected chi connectivity index (χ4v) is 4.62. The number of ether oxygens (including phenoxy) is 2. The standard InChI is InChI=1S/C25H24N2O3S/c1-16-23(31-25(27-16)18-11-12-21(29-2)22(15-18)30-3)13-14-26-24(28)20-10-6-8-17-7-4-5-9-19(17)20/h4-12,15H,13-14H2,1-3H3,(H,26,28). The number of fused-ring (bicyclic) bond motifs is 1. The van der Waals surface area contributed by atoms with Gasteiger partial charge in [-0.25, -0.2) is 4.98 Å². The molecule has 0 saturated carbocycles. The number of carbonyl (C=O) groups excluding carboxylic acids is 1. The molecule has 0 aliphatic carbocycles. The van der Waals surface area contributed by atoms with Crippen molar-refractivity contribution >= 4 is 28.0 Å². The lowest BCUT2D eigenvalue weighted by atomic mass is 10.0. The van der Waals surface area contributed by atoms with E-state index in [2.05, 4.69) is 5.32 Å². The molecular weight excluding hydrogens is 408 g/mol. The zero-order valence-electron chi connectivity index (χ0n) is 17.8. The zero-order valence-corrected chi connectivity index (χ0v) is 18.6. The van der Waals surface area contributed by atoms with Crippen molar-refractivity contribution in [2.75, 3.05) is 20.8 Å². The second-order valence-corrected chi connectivity index (χ2v) is 8.21. The van der Waals surface area contributed by atoms with E-state index in [1.54, 1.807) is 25.6 Å². The number of carbonyl (C=O) groups is 1. The number of amides is 1. The number of aromatic nitrogens is 1. The third-order valence-electron chi connectivity index (χ3n) is 5.20. The second kappa shape index (κ2) is 9.18. The van der Waals surface area contributed by atoms with Gasteiger partial charge in [-0.1, -0.05) is 36.4 Å². The van der Waals surface area contributed by atoms with Crippen molar-refractivity contribution in [3.8, 4) is 22.1 Å². The van der Waals surface area contributed by atoms with Crippen LogP contribution in [0.2, 0.25) is 0 Å². The first-order valence-corrected chi connectivity index (χ1v) is 10.9. The van der Waals surface area contributed by atoms with E-state index >= 15 is 0 Å². The summed E-state index contributed by atoms with van der Waals surface area (Å²) in [6, 6.07) is 19.5. The molecule has 1 aromatic heterocycles. The van der Waals surface area contributed by atoms with Gasteiger partial charge in [-0.05, 0) is 42.0 Å². The van der Waals surface area contributed by atoms with Crippen LogP contribution in [0.3, 0.4) is 0 Å². The highest BCUT2D eigenvalue weighted by atomic mass is 32.1. The summed E-state index contributed by atoms with van der Waals surface area (Å²) in [5.41, 5.74) is 2.66. The topological polar surface area (TPSA) is 60.5 Å². The van der Waals surface area contributed by atoms with Crippen LogP contribution in [-0.2, 0) is 6.42 Å². The molecule has 1 heterocycles. The molecule has 0 aliphatic heterocycles. The SMILES string of the molecule is COc1ccc(-c2nc(C)c(CCNC(=O)c3cccc4ccccc34)s2)cc1OC. The Kier molecular flexibility index (Phi) is 6.18. The van der Waals surface area contributed by atoms with E-state index in [4.69, 9.17) is 14.5 Å². The van der Waals surface area contributed by atoms with E-state index in [1.807, 2.05) is 67.6 Å². The molecule has 0 spiro atoms. The van der Waals surface area contributed by atoms with Crippen molar-refractivity contribution < 1.29 is 14.3 Å². The van der Waals surface area contributed by atoms with Gasteiger partial charge in [-0.3, -0.25) is 4.79 Å². The molecule has 0 atom stereocenters. The Morgan fingerprint density at radius 3 is 2.58 bits per heavy atom. The normalized spacial score (nSPS) is 10.8. The predicted octanol–water partition coefficient (Wildman–Crippen LogP) is 5.26. The first-order chi connectivity index (χ1) is 15.1. The molecule has 6 heteroatoms. The van der Waals surface area contributed by atoms with Crippen molar-refractivity contribution in [1.82, 2.24) is 10.3 Å². The molecule has 0 fully saturated rings. The number of nitrogens with zero attached hydrogens (tertiary/aromatic N) is 1. The highest BCUT2D eigenvalue weighted by Crippen LogP contribution is 2.35. The van der Waals surface area contributed by atoms with Crippen LogP contribution < -0.4 is 14.8 Å². The van der Waals surface area contributed by atoms with Gasteiger partial charge in [-0.2, -0.15) is 0 Å². The molecule has 1 amide bonds. The molecule has 0 bridgehead atoms. The van der Waals surface area contributed by atoms with Gasteiger partial charge >= 0.3 is 0 Å². The number of rotatable bonds is 7. The van der Waals surface area contributed by atoms with Gasteiger partial charge in [0, 0.05) is 29.0 Å². The molecule has 158 valence electrons. The molecule has 5 nitrogen and oxygen atoms in total. The lowest BCUT2D eigenvalue weighted by Crippen LogP contribution is -2.25. The summed E-state index contributed by atoms with van der Waals surface area (Å²) in [5, 5.41) is 6.01. The highest BCUT2D eigenvalue weighted by Gasteiger charge is 2.14. The van der Waals surface area contributed by atoms with E-state index < -0.39 is 0 Å². The van der Waals surface area contributed by atoms with Crippen LogP contribution in [0.1, 0.15) is 20.9 Å². The van der Waals surface area contributed by atoms with Crippen molar-refractivity contribution in [3.05, 3.63) is 76.8 Å². The van der Waals surface area contributed by atoms with Gasteiger partial charge in [-0.15, -0.1) is 11.3 Å². The van der Waals surface area contributed by atoms with Crippen molar-refractivity contribution in [3.63, 3.8) is 0 Å². The van der Waals surface area contributed by atoms with Crippen molar-refractivity contribution in [2.24, 2.45) is 0 Å². The number of benzene rings is 3.